The monoisotopic (exact) mass is 455 g/mol. The molecule has 1 aromatic rings. The van der Waals surface area contributed by atoms with E-state index in [0.717, 1.165) is 11.8 Å². The smallest absolute Gasteiger partial charge is 0.326 e. The molecular formula is C19H25N3O8S. The second-order valence-electron chi connectivity index (χ2n) is 7.02. The zero-order chi connectivity index (χ0) is 23.0. The van der Waals surface area contributed by atoms with Gasteiger partial charge < -0.3 is 15.3 Å². The molecule has 4 N–H and O–H groups in total. The standard InChI is InChI=1S/C19H25N3O8S/c1-12(18(25)21-8-2-3-15(21)19(26)27)11-31-16(23)9-20-17(24)14-6-4-13(5-7-14)10-30-22(28)29/h4-7,12,15,28-29H,2-3,8-11H2,1H3,(H,20,24)(H,26,27)/t12-,15+/m1/s1. The van der Waals surface area contributed by atoms with Crippen molar-refractivity contribution in [3.63, 3.8) is 0 Å². The van der Waals surface area contributed by atoms with E-state index in [2.05, 4.69) is 10.2 Å². The molecule has 1 aromatic carbocycles. The van der Waals surface area contributed by atoms with E-state index in [1.807, 2.05) is 0 Å². The van der Waals surface area contributed by atoms with Crippen molar-refractivity contribution in [3.05, 3.63) is 35.4 Å². The van der Waals surface area contributed by atoms with Crippen LogP contribution in [-0.4, -0.2) is 73.6 Å². The molecule has 0 radical (unpaired) electrons. The molecule has 0 unspecified atom stereocenters. The van der Waals surface area contributed by atoms with Crippen LogP contribution in [0.25, 0.3) is 0 Å². The van der Waals surface area contributed by atoms with Crippen LogP contribution < -0.4 is 5.32 Å². The molecule has 0 bridgehead atoms. The van der Waals surface area contributed by atoms with Crippen molar-refractivity contribution in [1.29, 1.82) is 0 Å². The van der Waals surface area contributed by atoms with Crippen LogP contribution in [0.3, 0.4) is 0 Å². The number of thioether (sulfide) groups is 1. The fraction of sp³-hybridized carbons (Fsp3) is 0.474. The molecule has 2 atom stereocenters. The second-order valence-corrected chi connectivity index (χ2v) is 8.10. The SMILES string of the molecule is C[C@H](CSC(=O)CNC(=O)c1ccc(CON(O)O)cc1)C(=O)N1CCC[C@H]1C(=O)O. The first-order chi connectivity index (χ1) is 14.7. The van der Waals surface area contributed by atoms with Gasteiger partial charge in [0.2, 0.25) is 11.0 Å². The molecule has 2 rings (SSSR count). The first-order valence-corrected chi connectivity index (χ1v) is 10.5. The Bertz CT molecular complexity index is 802. The minimum absolute atomic E-state index is 0.106. The highest BCUT2D eigenvalue weighted by atomic mass is 32.2. The number of amides is 2. The van der Waals surface area contributed by atoms with Gasteiger partial charge in [0, 0.05) is 23.8 Å². The third-order valence-electron chi connectivity index (χ3n) is 4.69. The van der Waals surface area contributed by atoms with E-state index in [1.165, 1.54) is 17.0 Å². The number of carboxylic acids is 1. The Balaban J connectivity index is 1.74. The van der Waals surface area contributed by atoms with E-state index in [-0.39, 0.29) is 29.9 Å². The lowest BCUT2D eigenvalue weighted by Crippen LogP contribution is -2.43. The Hall–Kier alpha value is -2.51. The Kier molecular flexibility index (Phi) is 9.40. The molecule has 1 saturated heterocycles. The van der Waals surface area contributed by atoms with Crippen LogP contribution in [0.4, 0.5) is 0 Å². The Morgan fingerprint density at radius 1 is 1.26 bits per heavy atom. The van der Waals surface area contributed by atoms with Gasteiger partial charge in [0.05, 0.1) is 18.5 Å². The summed E-state index contributed by atoms with van der Waals surface area (Å²) in [6.07, 6.45) is 1.07. The molecule has 1 aliphatic heterocycles. The van der Waals surface area contributed by atoms with Gasteiger partial charge in [-0.05, 0) is 30.5 Å². The summed E-state index contributed by atoms with van der Waals surface area (Å²) in [6, 6.07) is 5.32. The molecule has 12 heteroatoms. The number of hydrogen-bond donors (Lipinski definition) is 4. The first-order valence-electron chi connectivity index (χ1n) is 9.56. The second kappa shape index (κ2) is 11.8. The first kappa shape index (κ1) is 24.8. The number of nitrogens with zero attached hydrogens (tertiary/aromatic N) is 2. The molecule has 1 fully saturated rings. The summed E-state index contributed by atoms with van der Waals surface area (Å²) in [4.78, 5) is 53.7. The number of aliphatic carboxylic acids is 1. The number of carbonyl (C=O) groups excluding carboxylic acids is 3. The summed E-state index contributed by atoms with van der Waals surface area (Å²) < 4.78 is 0. The molecule has 170 valence electrons. The van der Waals surface area contributed by atoms with Crippen LogP contribution in [0.1, 0.15) is 35.7 Å². The molecule has 1 aliphatic rings. The van der Waals surface area contributed by atoms with Crippen molar-refractivity contribution < 1.29 is 39.5 Å². The average Bonchev–Trinajstić information content (AvgIpc) is 3.24. The number of hydrogen-bond acceptors (Lipinski definition) is 9. The highest BCUT2D eigenvalue weighted by molar-refractivity contribution is 8.13. The summed E-state index contributed by atoms with van der Waals surface area (Å²) in [5.74, 6) is -2.10. The number of carboxylic acid groups (broad SMARTS) is 1. The number of likely N-dealkylation sites (tertiary alicyclic amines) is 1. The summed E-state index contributed by atoms with van der Waals surface area (Å²) in [7, 11) is 0. The molecule has 0 aliphatic carbocycles. The van der Waals surface area contributed by atoms with Crippen molar-refractivity contribution in [2.24, 2.45) is 5.92 Å². The molecule has 0 aromatic heterocycles. The molecule has 31 heavy (non-hydrogen) atoms. The van der Waals surface area contributed by atoms with E-state index in [4.69, 9.17) is 10.4 Å². The Morgan fingerprint density at radius 2 is 1.94 bits per heavy atom. The van der Waals surface area contributed by atoms with Crippen LogP contribution >= 0.6 is 11.8 Å². The van der Waals surface area contributed by atoms with Gasteiger partial charge in [-0.15, -0.1) is 0 Å². The highest BCUT2D eigenvalue weighted by Gasteiger charge is 2.35. The van der Waals surface area contributed by atoms with Crippen LogP contribution in [0.2, 0.25) is 0 Å². The van der Waals surface area contributed by atoms with Crippen LogP contribution in [0, 0.1) is 5.92 Å². The van der Waals surface area contributed by atoms with Gasteiger partial charge in [0.25, 0.3) is 5.91 Å². The predicted molar refractivity (Wildman–Crippen MR) is 108 cm³/mol. The maximum Gasteiger partial charge on any atom is 0.326 e. The highest BCUT2D eigenvalue weighted by Crippen LogP contribution is 2.21. The lowest BCUT2D eigenvalue weighted by molar-refractivity contribution is -0.497. The molecule has 11 nitrogen and oxygen atoms in total. The van der Waals surface area contributed by atoms with E-state index in [1.54, 1.807) is 19.1 Å². The van der Waals surface area contributed by atoms with Crippen molar-refractivity contribution in [1.82, 2.24) is 15.6 Å². The molecule has 0 saturated carbocycles. The topological polar surface area (TPSA) is 157 Å². The van der Waals surface area contributed by atoms with Gasteiger partial charge >= 0.3 is 5.97 Å². The fourth-order valence-electron chi connectivity index (χ4n) is 3.05. The molecular weight excluding hydrogens is 430 g/mol. The summed E-state index contributed by atoms with van der Waals surface area (Å²) in [6.45, 7) is 1.72. The van der Waals surface area contributed by atoms with Gasteiger partial charge in [-0.3, -0.25) is 24.8 Å². The van der Waals surface area contributed by atoms with E-state index in [9.17, 15) is 24.3 Å². The van der Waals surface area contributed by atoms with Gasteiger partial charge in [-0.25, -0.2) is 9.63 Å². The van der Waals surface area contributed by atoms with E-state index in [0.29, 0.717) is 30.5 Å². The average molecular weight is 455 g/mol. The van der Waals surface area contributed by atoms with Gasteiger partial charge in [-0.1, -0.05) is 30.8 Å². The molecule has 1 heterocycles. The van der Waals surface area contributed by atoms with Crippen molar-refractivity contribution in [2.45, 2.75) is 32.4 Å². The van der Waals surface area contributed by atoms with Crippen molar-refractivity contribution in [3.8, 4) is 0 Å². The summed E-state index contributed by atoms with van der Waals surface area (Å²) in [5.41, 5.74) is 0.904. The van der Waals surface area contributed by atoms with Crippen molar-refractivity contribution >= 4 is 34.7 Å². The number of nitrogens with one attached hydrogen (secondary N) is 1. The molecule has 0 spiro atoms. The Morgan fingerprint density at radius 3 is 2.55 bits per heavy atom. The van der Waals surface area contributed by atoms with Crippen LogP contribution in [0.15, 0.2) is 24.3 Å². The maximum absolute atomic E-state index is 12.5. The number of carbonyl (C=O) groups is 4. The van der Waals surface area contributed by atoms with Gasteiger partial charge in [0.15, 0.2) is 0 Å². The lowest BCUT2D eigenvalue weighted by Gasteiger charge is -2.24. The largest absolute Gasteiger partial charge is 0.480 e. The quantitative estimate of drug-likeness (QED) is 0.374. The lowest BCUT2D eigenvalue weighted by atomic mass is 10.1. The van der Waals surface area contributed by atoms with Crippen molar-refractivity contribution in [2.75, 3.05) is 18.8 Å². The van der Waals surface area contributed by atoms with Gasteiger partial charge in [0.1, 0.15) is 6.04 Å². The maximum atomic E-state index is 12.5. The van der Waals surface area contributed by atoms with E-state index >= 15 is 0 Å². The normalized spacial score (nSPS) is 16.9. The predicted octanol–water partition coefficient (Wildman–Crippen LogP) is 0.900. The molecule has 2 amide bonds. The minimum Gasteiger partial charge on any atom is -0.480 e. The third kappa shape index (κ3) is 7.60. The third-order valence-corrected chi connectivity index (χ3v) is 5.83. The number of benzene rings is 1. The number of rotatable bonds is 10. The van der Waals surface area contributed by atoms with E-state index < -0.39 is 29.2 Å². The van der Waals surface area contributed by atoms with Crippen LogP contribution in [-0.2, 0) is 25.8 Å². The zero-order valence-corrected chi connectivity index (χ0v) is 17.7. The Labute approximate surface area is 182 Å². The summed E-state index contributed by atoms with van der Waals surface area (Å²) >= 11 is 0.913. The van der Waals surface area contributed by atoms with Gasteiger partial charge in [-0.2, -0.15) is 0 Å². The minimum atomic E-state index is -1.02. The van der Waals surface area contributed by atoms with Crippen LogP contribution in [0.5, 0.6) is 0 Å². The summed E-state index contributed by atoms with van der Waals surface area (Å²) in [5, 5.41) is 28.0. The fourth-order valence-corrected chi connectivity index (χ4v) is 3.80. The zero-order valence-electron chi connectivity index (χ0n) is 16.9.